The molecule has 0 spiro atoms. The van der Waals surface area contributed by atoms with Crippen molar-refractivity contribution >= 4 is 11.9 Å². The summed E-state index contributed by atoms with van der Waals surface area (Å²) in [4.78, 5) is 19.0. The summed E-state index contributed by atoms with van der Waals surface area (Å²) < 4.78 is 12.7. The zero-order valence-electron chi connectivity index (χ0n) is 10.2. The normalized spacial score (nSPS) is 27.8. The van der Waals surface area contributed by atoms with Crippen LogP contribution in [0.3, 0.4) is 0 Å². The molecule has 2 atom stereocenters. The first-order valence-electron chi connectivity index (χ1n) is 6.01. The summed E-state index contributed by atoms with van der Waals surface area (Å²) in [6.07, 6.45) is 4.99. The molecule has 18 heavy (non-hydrogen) atoms. The van der Waals surface area contributed by atoms with E-state index in [2.05, 4.69) is 15.3 Å². The molecule has 1 aliphatic rings. The van der Waals surface area contributed by atoms with Gasteiger partial charge in [0.1, 0.15) is 5.54 Å². The molecule has 2 unspecified atom stereocenters. The van der Waals surface area contributed by atoms with Gasteiger partial charge in [0.05, 0.1) is 12.4 Å². The number of anilines is 1. The van der Waals surface area contributed by atoms with E-state index in [1.54, 1.807) is 0 Å². The Hall–Kier alpha value is -1.72. The van der Waals surface area contributed by atoms with E-state index in [9.17, 15) is 14.3 Å². The van der Waals surface area contributed by atoms with Crippen LogP contribution in [0.15, 0.2) is 12.4 Å². The quantitative estimate of drug-likeness (QED) is 0.862. The second-order valence-electron chi connectivity index (χ2n) is 4.94. The van der Waals surface area contributed by atoms with Crippen molar-refractivity contribution in [3.05, 3.63) is 18.2 Å². The first-order chi connectivity index (χ1) is 8.52. The van der Waals surface area contributed by atoms with Gasteiger partial charge in [0, 0.05) is 0 Å². The molecule has 0 amide bonds. The lowest BCUT2D eigenvalue weighted by Gasteiger charge is -2.36. The summed E-state index contributed by atoms with van der Waals surface area (Å²) in [5, 5.41) is 12.3. The third kappa shape index (κ3) is 2.57. The van der Waals surface area contributed by atoms with Gasteiger partial charge in [0.2, 0.25) is 5.95 Å². The molecule has 2 rings (SSSR count). The van der Waals surface area contributed by atoms with E-state index in [-0.39, 0.29) is 5.95 Å². The van der Waals surface area contributed by atoms with Crippen LogP contribution >= 0.6 is 0 Å². The second-order valence-corrected chi connectivity index (χ2v) is 4.94. The van der Waals surface area contributed by atoms with E-state index in [4.69, 9.17) is 0 Å². The van der Waals surface area contributed by atoms with Crippen LogP contribution in [0.25, 0.3) is 0 Å². The standard InChI is InChI=1S/C12H16FN3O2/c1-8-3-2-4-12(5-8,10(17)18)16-11-14-6-9(13)7-15-11/h6-8H,2-5H2,1H3,(H,17,18)(H,14,15,16). The van der Waals surface area contributed by atoms with Gasteiger partial charge in [-0.1, -0.05) is 19.8 Å². The van der Waals surface area contributed by atoms with Crippen molar-refractivity contribution in [2.24, 2.45) is 5.92 Å². The second kappa shape index (κ2) is 4.88. The van der Waals surface area contributed by atoms with Crippen LogP contribution in [0.1, 0.15) is 32.6 Å². The van der Waals surface area contributed by atoms with Crippen LogP contribution in [0.4, 0.5) is 10.3 Å². The van der Waals surface area contributed by atoms with E-state index in [0.717, 1.165) is 25.2 Å². The molecule has 0 bridgehead atoms. The van der Waals surface area contributed by atoms with E-state index in [1.807, 2.05) is 6.92 Å². The molecule has 6 heteroatoms. The van der Waals surface area contributed by atoms with Gasteiger partial charge in [0.25, 0.3) is 0 Å². The number of nitrogens with one attached hydrogen (secondary N) is 1. The van der Waals surface area contributed by atoms with Crippen molar-refractivity contribution in [2.45, 2.75) is 38.1 Å². The van der Waals surface area contributed by atoms with Gasteiger partial charge in [-0.05, 0) is 18.8 Å². The van der Waals surface area contributed by atoms with Gasteiger partial charge >= 0.3 is 5.97 Å². The number of hydrogen-bond donors (Lipinski definition) is 2. The van der Waals surface area contributed by atoms with E-state index >= 15 is 0 Å². The Bertz CT molecular complexity index is 437. The summed E-state index contributed by atoms with van der Waals surface area (Å²) >= 11 is 0. The first-order valence-corrected chi connectivity index (χ1v) is 6.01. The summed E-state index contributed by atoms with van der Waals surface area (Å²) in [5.41, 5.74) is -1.03. The molecule has 1 heterocycles. The molecule has 1 saturated carbocycles. The predicted molar refractivity (Wildman–Crippen MR) is 63.6 cm³/mol. The van der Waals surface area contributed by atoms with Crippen LogP contribution in [0.2, 0.25) is 0 Å². The molecular formula is C12H16FN3O2. The van der Waals surface area contributed by atoms with Crippen molar-refractivity contribution in [3.8, 4) is 0 Å². The smallest absolute Gasteiger partial charge is 0.329 e. The van der Waals surface area contributed by atoms with E-state index in [1.165, 1.54) is 0 Å². The minimum atomic E-state index is -1.03. The Morgan fingerprint density at radius 1 is 1.56 bits per heavy atom. The SMILES string of the molecule is CC1CCCC(Nc2ncc(F)cn2)(C(=O)O)C1. The number of aliphatic carboxylic acids is 1. The Morgan fingerprint density at radius 3 is 2.78 bits per heavy atom. The Labute approximate surface area is 104 Å². The van der Waals surface area contributed by atoms with Gasteiger partial charge in [-0.3, -0.25) is 0 Å². The average Bonchev–Trinajstić information content (AvgIpc) is 2.32. The van der Waals surface area contributed by atoms with Crippen LogP contribution in [0, 0.1) is 11.7 Å². The van der Waals surface area contributed by atoms with Crippen LogP contribution in [-0.2, 0) is 4.79 Å². The number of nitrogens with zero attached hydrogens (tertiary/aromatic N) is 2. The topological polar surface area (TPSA) is 75.1 Å². The highest BCUT2D eigenvalue weighted by molar-refractivity contribution is 5.82. The number of aromatic nitrogens is 2. The Balaban J connectivity index is 2.20. The molecule has 0 saturated heterocycles. The van der Waals surface area contributed by atoms with Crippen molar-refractivity contribution < 1.29 is 14.3 Å². The Kier molecular flexibility index (Phi) is 3.45. The highest BCUT2D eigenvalue weighted by Crippen LogP contribution is 2.34. The average molecular weight is 253 g/mol. The third-order valence-corrected chi connectivity index (χ3v) is 3.38. The lowest BCUT2D eigenvalue weighted by Crippen LogP contribution is -2.50. The number of rotatable bonds is 3. The molecule has 1 aromatic rings. The number of carboxylic acid groups (broad SMARTS) is 1. The largest absolute Gasteiger partial charge is 0.480 e. The number of carboxylic acids is 1. The van der Waals surface area contributed by atoms with Crippen molar-refractivity contribution in [1.29, 1.82) is 0 Å². The van der Waals surface area contributed by atoms with E-state index < -0.39 is 17.3 Å². The zero-order valence-corrected chi connectivity index (χ0v) is 10.2. The minimum absolute atomic E-state index is 0.160. The molecule has 98 valence electrons. The first kappa shape index (κ1) is 12.7. The predicted octanol–water partition coefficient (Wildman–Crippen LogP) is 2.06. The van der Waals surface area contributed by atoms with Crippen LogP contribution in [0.5, 0.6) is 0 Å². The molecule has 2 N–H and O–H groups in total. The highest BCUT2D eigenvalue weighted by atomic mass is 19.1. The molecule has 5 nitrogen and oxygen atoms in total. The van der Waals surface area contributed by atoms with Gasteiger partial charge in [-0.25, -0.2) is 19.2 Å². The molecule has 1 fully saturated rings. The fourth-order valence-corrected chi connectivity index (χ4v) is 2.50. The third-order valence-electron chi connectivity index (χ3n) is 3.38. The molecule has 0 radical (unpaired) electrons. The van der Waals surface area contributed by atoms with Gasteiger partial charge in [-0.15, -0.1) is 0 Å². The molecule has 1 aromatic heterocycles. The van der Waals surface area contributed by atoms with E-state index in [0.29, 0.717) is 18.8 Å². The van der Waals surface area contributed by atoms with Crippen LogP contribution < -0.4 is 5.32 Å². The fourth-order valence-electron chi connectivity index (χ4n) is 2.50. The molecule has 1 aliphatic carbocycles. The molecule has 0 aromatic carbocycles. The monoisotopic (exact) mass is 253 g/mol. The summed E-state index contributed by atoms with van der Waals surface area (Å²) in [5.74, 6) is -0.945. The summed E-state index contributed by atoms with van der Waals surface area (Å²) in [6, 6.07) is 0. The zero-order chi connectivity index (χ0) is 13.2. The lowest BCUT2D eigenvalue weighted by atomic mass is 9.76. The highest BCUT2D eigenvalue weighted by Gasteiger charge is 2.42. The van der Waals surface area contributed by atoms with Gasteiger partial charge in [-0.2, -0.15) is 0 Å². The summed E-state index contributed by atoms with van der Waals surface area (Å²) in [6.45, 7) is 2.03. The molecular weight excluding hydrogens is 237 g/mol. The fraction of sp³-hybridized carbons (Fsp3) is 0.583. The minimum Gasteiger partial charge on any atom is -0.480 e. The van der Waals surface area contributed by atoms with Crippen LogP contribution in [-0.4, -0.2) is 26.6 Å². The van der Waals surface area contributed by atoms with Gasteiger partial charge < -0.3 is 10.4 Å². The number of hydrogen-bond acceptors (Lipinski definition) is 4. The maximum Gasteiger partial charge on any atom is 0.329 e. The maximum atomic E-state index is 12.7. The number of halogens is 1. The van der Waals surface area contributed by atoms with Crippen molar-refractivity contribution in [2.75, 3.05) is 5.32 Å². The van der Waals surface area contributed by atoms with Gasteiger partial charge in [0.15, 0.2) is 5.82 Å². The number of carbonyl (C=O) groups is 1. The summed E-state index contributed by atoms with van der Waals surface area (Å²) in [7, 11) is 0. The Morgan fingerprint density at radius 2 is 2.22 bits per heavy atom. The lowest BCUT2D eigenvalue weighted by molar-refractivity contribution is -0.144. The molecule has 0 aliphatic heterocycles. The van der Waals surface area contributed by atoms with Crippen molar-refractivity contribution in [3.63, 3.8) is 0 Å². The maximum absolute atomic E-state index is 12.7. The van der Waals surface area contributed by atoms with Crippen molar-refractivity contribution in [1.82, 2.24) is 9.97 Å².